The minimum atomic E-state index is -0.533. The Hall–Kier alpha value is -3.61. The first-order valence-corrected chi connectivity index (χ1v) is 9.28. The third kappa shape index (κ3) is 4.13. The summed E-state index contributed by atoms with van der Waals surface area (Å²) in [6.07, 6.45) is 1.58. The maximum Gasteiger partial charge on any atom is 0.341 e. The van der Waals surface area contributed by atoms with Crippen molar-refractivity contribution in [3.63, 3.8) is 0 Å². The van der Waals surface area contributed by atoms with Crippen molar-refractivity contribution in [1.82, 2.24) is 9.55 Å². The average Bonchev–Trinajstić information content (AvgIpc) is 3.04. The van der Waals surface area contributed by atoms with Crippen LogP contribution in [0.3, 0.4) is 0 Å². The Bertz CT molecular complexity index is 1150. The summed E-state index contributed by atoms with van der Waals surface area (Å²) in [5.74, 6) is -0.533. The molecule has 7 heteroatoms. The minimum Gasteiger partial charge on any atom is -0.462 e. The van der Waals surface area contributed by atoms with Gasteiger partial charge in [-0.1, -0.05) is 23.7 Å². The van der Waals surface area contributed by atoms with Crippen LogP contribution in [0.2, 0.25) is 5.15 Å². The van der Waals surface area contributed by atoms with Crippen molar-refractivity contribution in [3.8, 4) is 23.3 Å². The highest BCUT2D eigenvalue weighted by Gasteiger charge is 2.17. The fraction of sp³-hybridized carbons (Fsp3) is 0.182. The Morgan fingerprint density at radius 1 is 1.21 bits per heavy atom. The zero-order valence-corrected chi connectivity index (χ0v) is 16.7. The smallest absolute Gasteiger partial charge is 0.341 e. The molecule has 0 saturated carbocycles. The van der Waals surface area contributed by atoms with Gasteiger partial charge in [0.15, 0.2) is 0 Å². The quantitative estimate of drug-likeness (QED) is 0.461. The second kappa shape index (κ2) is 8.60. The molecule has 0 aliphatic carbocycles. The summed E-state index contributed by atoms with van der Waals surface area (Å²) in [5.41, 5.74) is 4.47. The molecule has 0 atom stereocenters. The number of pyridine rings is 1. The molecule has 0 bridgehead atoms. The number of benzene rings is 1. The number of nitriles is 2. The Kier molecular flexibility index (Phi) is 5.97. The number of hydrogen-bond donors (Lipinski definition) is 0. The van der Waals surface area contributed by atoms with E-state index in [1.165, 1.54) is 0 Å². The molecule has 6 nitrogen and oxygen atoms in total. The SMILES string of the molecule is CCOC(=O)c1cc(Cn2c(C)cc(-c3ccc(C#N)cc3)c2C#N)cnc1Cl. The molecule has 29 heavy (non-hydrogen) atoms. The molecule has 0 spiro atoms. The predicted molar refractivity (Wildman–Crippen MR) is 108 cm³/mol. The van der Waals surface area contributed by atoms with Gasteiger partial charge < -0.3 is 9.30 Å². The van der Waals surface area contributed by atoms with Crippen LogP contribution in [-0.2, 0) is 11.3 Å². The second-order valence-corrected chi connectivity index (χ2v) is 6.70. The number of carbonyl (C=O) groups is 1. The first kappa shape index (κ1) is 20.1. The number of hydrogen-bond acceptors (Lipinski definition) is 5. The molecular weight excluding hydrogens is 388 g/mol. The molecule has 3 rings (SSSR count). The number of aromatic nitrogens is 2. The van der Waals surface area contributed by atoms with Crippen LogP contribution in [-0.4, -0.2) is 22.1 Å². The van der Waals surface area contributed by atoms with E-state index in [-0.39, 0.29) is 17.3 Å². The van der Waals surface area contributed by atoms with Gasteiger partial charge in [0.1, 0.15) is 16.9 Å². The summed E-state index contributed by atoms with van der Waals surface area (Å²) >= 11 is 6.03. The van der Waals surface area contributed by atoms with Crippen LogP contribution in [0.5, 0.6) is 0 Å². The van der Waals surface area contributed by atoms with Crippen molar-refractivity contribution < 1.29 is 9.53 Å². The second-order valence-electron chi connectivity index (χ2n) is 6.34. The Balaban J connectivity index is 1.99. The lowest BCUT2D eigenvalue weighted by molar-refractivity contribution is 0.0526. The molecular formula is C22H17ClN4O2. The lowest BCUT2D eigenvalue weighted by Gasteiger charge is -2.10. The third-order valence-electron chi connectivity index (χ3n) is 4.47. The minimum absolute atomic E-state index is 0.0789. The van der Waals surface area contributed by atoms with Gasteiger partial charge in [-0.15, -0.1) is 0 Å². The van der Waals surface area contributed by atoms with Crippen molar-refractivity contribution in [3.05, 3.63) is 75.8 Å². The normalized spacial score (nSPS) is 10.2. The van der Waals surface area contributed by atoms with E-state index < -0.39 is 5.97 Å². The average molecular weight is 405 g/mol. The molecule has 0 aliphatic rings. The van der Waals surface area contributed by atoms with Gasteiger partial charge in [-0.3, -0.25) is 0 Å². The summed E-state index contributed by atoms with van der Waals surface area (Å²) in [6.45, 7) is 4.21. The molecule has 3 aromatic rings. The molecule has 0 amide bonds. The van der Waals surface area contributed by atoms with Gasteiger partial charge in [0.25, 0.3) is 0 Å². The predicted octanol–water partition coefficient (Wildman–Crippen LogP) is 4.48. The van der Waals surface area contributed by atoms with Crippen LogP contribution in [0, 0.1) is 29.6 Å². The Morgan fingerprint density at radius 2 is 1.93 bits per heavy atom. The van der Waals surface area contributed by atoms with Crippen molar-refractivity contribution in [2.75, 3.05) is 6.61 Å². The van der Waals surface area contributed by atoms with Crippen LogP contribution in [0.4, 0.5) is 0 Å². The fourth-order valence-corrected chi connectivity index (χ4v) is 3.24. The van der Waals surface area contributed by atoms with Gasteiger partial charge in [-0.25, -0.2) is 9.78 Å². The number of esters is 1. The number of ether oxygens (including phenoxy) is 1. The van der Waals surface area contributed by atoms with E-state index in [1.807, 2.05) is 29.7 Å². The van der Waals surface area contributed by atoms with E-state index in [9.17, 15) is 10.1 Å². The van der Waals surface area contributed by atoms with Gasteiger partial charge >= 0.3 is 5.97 Å². The van der Waals surface area contributed by atoms with E-state index in [1.54, 1.807) is 31.3 Å². The summed E-state index contributed by atoms with van der Waals surface area (Å²) in [7, 11) is 0. The fourth-order valence-electron chi connectivity index (χ4n) is 3.06. The zero-order valence-electron chi connectivity index (χ0n) is 15.9. The van der Waals surface area contributed by atoms with Crippen molar-refractivity contribution in [1.29, 1.82) is 10.5 Å². The van der Waals surface area contributed by atoms with Crippen molar-refractivity contribution in [2.45, 2.75) is 20.4 Å². The summed E-state index contributed by atoms with van der Waals surface area (Å²) < 4.78 is 6.87. The van der Waals surface area contributed by atoms with Crippen LogP contribution in [0.15, 0.2) is 42.6 Å². The van der Waals surface area contributed by atoms with E-state index in [2.05, 4.69) is 17.1 Å². The highest BCUT2D eigenvalue weighted by molar-refractivity contribution is 6.32. The molecule has 0 aliphatic heterocycles. The molecule has 0 saturated heterocycles. The summed E-state index contributed by atoms with van der Waals surface area (Å²) in [6, 6.07) is 15.0. The molecule has 1 aromatic carbocycles. The molecule has 2 aromatic heterocycles. The van der Waals surface area contributed by atoms with E-state index >= 15 is 0 Å². The monoisotopic (exact) mass is 404 g/mol. The van der Waals surface area contributed by atoms with Crippen LogP contribution in [0.25, 0.3) is 11.1 Å². The lowest BCUT2D eigenvalue weighted by Crippen LogP contribution is -2.09. The maximum absolute atomic E-state index is 12.1. The number of rotatable bonds is 5. The number of halogens is 1. The molecule has 0 fully saturated rings. The lowest BCUT2D eigenvalue weighted by atomic mass is 10.0. The van der Waals surface area contributed by atoms with Crippen LogP contribution < -0.4 is 0 Å². The Morgan fingerprint density at radius 3 is 2.55 bits per heavy atom. The van der Waals surface area contributed by atoms with E-state index in [0.717, 1.165) is 22.4 Å². The molecule has 0 unspecified atom stereocenters. The highest BCUT2D eigenvalue weighted by atomic mass is 35.5. The molecule has 0 radical (unpaired) electrons. The summed E-state index contributed by atoms with van der Waals surface area (Å²) in [4.78, 5) is 16.2. The molecule has 144 valence electrons. The zero-order chi connectivity index (χ0) is 21.0. The molecule has 0 N–H and O–H groups in total. The third-order valence-corrected chi connectivity index (χ3v) is 4.77. The first-order chi connectivity index (χ1) is 14.0. The van der Waals surface area contributed by atoms with Crippen molar-refractivity contribution >= 4 is 17.6 Å². The largest absolute Gasteiger partial charge is 0.462 e. The van der Waals surface area contributed by atoms with Gasteiger partial charge in [0.05, 0.1) is 30.3 Å². The first-order valence-electron chi connectivity index (χ1n) is 8.90. The van der Waals surface area contributed by atoms with Gasteiger partial charge in [0.2, 0.25) is 0 Å². The van der Waals surface area contributed by atoms with Gasteiger partial charge in [0, 0.05) is 17.5 Å². The number of aryl methyl sites for hydroxylation is 1. The van der Waals surface area contributed by atoms with E-state index in [0.29, 0.717) is 17.8 Å². The van der Waals surface area contributed by atoms with Gasteiger partial charge in [-0.2, -0.15) is 10.5 Å². The molecule has 2 heterocycles. The van der Waals surface area contributed by atoms with Crippen molar-refractivity contribution in [2.24, 2.45) is 0 Å². The summed E-state index contributed by atoms with van der Waals surface area (Å²) in [5, 5.41) is 18.8. The number of carbonyl (C=O) groups excluding carboxylic acids is 1. The highest BCUT2D eigenvalue weighted by Crippen LogP contribution is 2.28. The topological polar surface area (TPSA) is 91.7 Å². The Labute approximate surface area is 173 Å². The van der Waals surface area contributed by atoms with Gasteiger partial charge in [-0.05, 0) is 49.2 Å². The number of nitrogens with zero attached hydrogens (tertiary/aromatic N) is 4. The van der Waals surface area contributed by atoms with Crippen LogP contribution in [0.1, 0.15) is 39.8 Å². The van der Waals surface area contributed by atoms with Crippen LogP contribution >= 0.6 is 11.6 Å². The maximum atomic E-state index is 12.1. The standard InChI is InChI=1S/C22H17ClN4O2/c1-3-29-22(28)19-9-16(12-26-21(19)23)13-27-14(2)8-18(20(27)11-25)17-6-4-15(10-24)5-7-17/h4-9,12H,3,13H2,1-2H3. The van der Waals surface area contributed by atoms with E-state index in [4.69, 9.17) is 21.6 Å².